The zero-order chi connectivity index (χ0) is 10.1. The molecule has 0 fully saturated rings. The van der Waals surface area contributed by atoms with Crippen LogP contribution in [0.5, 0.6) is 0 Å². The van der Waals surface area contributed by atoms with Crippen LogP contribution in [0.3, 0.4) is 0 Å². The summed E-state index contributed by atoms with van der Waals surface area (Å²) in [4.78, 5) is 7.73. The lowest BCUT2D eigenvalue weighted by Gasteiger charge is -1.85. The molecule has 15 heavy (non-hydrogen) atoms. The quantitative estimate of drug-likeness (QED) is 0.638. The summed E-state index contributed by atoms with van der Waals surface area (Å²) in [7, 11) is 0. The maximum atomic E-state index is 5.28. The first-order chi connectivity index (χ1) is 7.43. The Hall–Kier alpha value is -2.51. The molecule has 0 saturated heterocycles. The molecule has 73 valence electrons. The van der Waals surface area contributed by atoms with Gasteiger partial charge < -0.3 is 8.83 Å². The molecule has 3 heterocycles. The summed E-state index contributed by atoms with van der Waals surface area (Å²) in [6.07, 6.45) is 5.53. The molecule has 0 saturated carbocycles. The first kappa shape index (κ1) is 7.85. The largest absolute Gasteiger partial charge is 0.441 e. The molecule has 0 spiro atoms. The van der Waals surface area contributed by atoms with Gasteiger partial charge in [-0.15, -0.1) is 5.10 Å². The molecule has 8 nitrogen and oxygen atoms in total. The SMILES string of the molecule is [c]1nc(-c2ncco2)oc1-c1nnn[nH]1. The van der Waals surface area contributed by atoms with Crippen LogP contribution in [0, 0.1) is 6.20 Å². The third-order valence-corrected chi connectivity index (χ3v) is 1.63. The van der Waals surface area contributed by atoms with Crippen molar-refractivity contribution in [3.05, 3.63) is 18.7 Å². The monoisotopic (exact) mass is 203 g/mol. The molecule has 1 radical (unpaired) electrons. The van der Waals surface area contributed by atoms with Crippen molar-refractivity contribution in [3.8, 4) is 23.4 Å². The Bertz CT molecular complexity index is 491. The number of rotatable bonds is 2. The van der Waals surface area contributed by atoms with Gasteiger partial charge >= 0.3 is 0 Å². The average molecular weight is 203 g/mol. The van der Waals surface area contributed by atoms with E-state index in [-0.39, 0.29) is 11.8 Å². The molecule has 0 aliphatic carbocycles. The number of oxazole rings is 2. The normalized spacial score (nSPS) is 10.7. The van der Waals surface area contributed by atoms with Gasteiger partial charge in [-0.1, -0.05) is 0 Å². The van der Waals surface area contributed by atoms with Crippen molar-refractivity contribution in [2.75, 3.05) is 0 Å². The van der Waals surface area contributed by atoms with Crippen molar-refractivity contribution < 1.29 is 8.83 Å². The Morgan fingerprint density at radius 3 is 3.07 bits per heavy atom. The molecule has 8 heteroatoms. The molecule has 3 aromatic heterocycles. The molecule has 0 aromatic carbocycles. The summed E-state index contributed by atoms with van der Waals surface area (Å²) in [5, 5.41) is 13.0. The van der Waals surface area contributed by atoms with E-state index in [1.54, 1.807) is 0 Å². The van der Waals surface area contributed by atoms with Crippen molar-refractivity contribution in [3.63, 3.8) is 0 Å². The number of aromatic nitrogens is 6. The second kappa shape index (κ2) is 3.01. The van der Waals surface area contributed by atoms with Crippen LogP contribution in [0.15, 0.2) is 21.3 Å². The summed E-state index contributed by atoms with van der Waals surface area (Å²) < 4.78 is 10.3. The van der Waals surface area contributed by atoms with Gasteiger partial charge in [0, 0.05) is 0 Å². The lowest BCUT2D eigenvalue weighted by molar-refractivity contribution is 0.514. The molecule has 0 aliphatic rings. The smallest absolute Gasteiger partial charge is 0.284 e. The lowest BCUT2D eigenvalue weighted by atomic mass is 10.5. The van der Waals surface area contributed by atoms with E-state index in [9.17, 15) is 0 Å². The van der Waals surface area contributed by atoms with Gasteiger partial charge in [-0.2, -0.15) is 0 Å². The molecule has 3 aromatic rings. The summed E-state index contributed by atoms with van der Waals surface area (Å²) in [5.74, 6) is 1.16. The predicted octanol–water partition coefficient (Wildman–Crippen LogP) is 0.310. The third-order valence-electron chi connectivity index (χ3n) is 1.63. The Labute approximate surface area is 82.3 Å². The lowest BCUT2D eigenvalue weighted by Crippen LogP contribution is -1.76. The van der Waals surface area contributed by atoms with Crippen LogP contribution < -0.4 is 0 Å². The number of nitrogens with zero attached hydrogens (tertiary/aromatic N) is 5. The molecule has 3 rings (SSSR count). The van der Waals surface area contributed by atoms with E-state index >= 15 is 0 Å². The van der Waals surface area contributed by atoms with E-state index in [0.717, 1.165) is 0 Å². The van der Waals surface area contributed by atoms with Crippen LogP contribution in [0.25, 0.3) is 23.4 Å². The van der Waals surface area contributed by atoms with Crippen LogP contribution >= 0.6 is 0 Å². The number of hydrogen-bond donors (Lipinski definition) is 1. The number of aromatic amines is 1. The van der Waals surface area contributed by atoms with Crippen molar-refractivity contribution >= 4 is 0 Å². The maximum absolute atomic E-state index is 5.28. The Morgan fingerprint density at radius 2 is 2.33 bits per heavy atom. The highest BCUT2D eigenvalue weighted by molar-refractivity contribution is 5.47. The minimum atomic E-state index is 0.228. The maximum Gasteiger partial charge on any atom is 0.284 e. The van der Waals surface area contributed by atoms with E-state index in [1.165, 1.54) is 12.5 Å². The zero-order valence-electron chi connectivity index (χ0n) is 7.21. The predicted molar refractivity (Wildman–Crippen MR) is 44.0 cm³/mol. The molecule has 0 atom stereocenters. The summed E-state index contributed by atoms with van der Waals surface area (Å²) in [5.41, 5.74) is 0. The van der Waals surface area contributed by atoms with E-state index in [4.69, 9.17) is 8.83 Å². The van der Waals surface area contributed by atoms with Crippen LogP contribution in [0.1, 0.15) is 0 Å². The van der Waals surface area contributed by atoms with E-state index in [1.807, 2.05) is 0 Å². The number of H-pyrrole nitrogens is 1. The first-order valence-corrected chi connectivity index (χ1v) is 3.96. The van der Waals surface area contributed by atoms with E-state index < -0.39 is 0 Å². The van der Waals surface area contributed by atoms with Gasteiger partial charge in [0.05, 0.1) is 6.20 Å². The summed E-state index contributed by atoms with van der Waals surface area (Å²) >= 11 is 0. The number of tetrazole rings is 1. The van der Waals surface area contributed by atoms with Gasteiger partial charge in [0.2, 0.25) is 11.6 Å². The van der Waals surface area contributed by atoms with Gasteiger partial charge in [-0.3, -0.25) is 0 Å². The fraction of sp³-hybridized carbons (Fsp3) is 0. The Balaban J connectivity index is 2.02. The highest BCUT2D eigenvalue weighted by Gasteiger charge is 2.14. The second-order valence-electron chi connectivity index (χ2n) is 2.55. The number of nitrogens with one attached hydrogen (secondary N) is 1. The minimum Gasteiger partial charge on any atom is -0.441 e. The summed E-state index contributed by atoms with van der Waals surface area (Å²) in [6.45, 7) is 0. The summed E-state index contributed by atoms with van der Waals surface area (Å²) in [6, 6.07) is 0. The highest BCUT2D eigenvalue weighted by Crippen LogP contribution is 2.20. The zero-order valence-corrected chi connectivity index (χ0v) is 7.21. The van der Waals surface area contributed by atoms with Crippen LogP contribution in [0.4, 0.5) is 0 Å². The number of hydrogen-bond acceptors (Lipinski definition) is 7. The van der Waals surface area contributed by atoms with Gasteiger partial charge in [0.25, 0.3) is 11.8 Å². The van der Waals surface area contributed by atoms with Crippen LogP contribution in [-0.2, 0) is 0 Å². The van der Waals surface area contributed by atoms with Crippen molar-refractivity contribution in [2.45, 2.75) is 0 Å². The van der Waals surface area contributed by atoms with Gasteiger partial charge in [-0.25, -0.2) is 15.1 Å². The molecule has 0 unspecified atom stereocenters. The molecular weight excluding hydrogens is 200 g/mol. The topological polar surface area (TPSA) is 107 Å². The first-order valence-electron chi connectivity index (χ1n) is 3.96. The minimum absolute atomic E-state index is 0.228. The molecule has 0 amide bonds. The highest BCUT2D eigenvalue weighted by atomic mass is 16.4. The van der Waals surface area contributed by atoms with Gasteiger partial charge in [0.1, 0.15) is 12.5 Å². The van der Waals surface area contributed by atoms with Crippen LogP contribution in [-0.4, -0.2) is 30.6 Å². The third kappa shape index (κ3) is 1.27. The van der Waals surface area contributed by atoms with Crippen LogP contribution in [0.2, 0.25) is 0 Å². The van der Waals surface area contributed by atoms with E-state index in [2.05, 4.69) is 36.8 Å². The standard InChI is InChI=1S/C7H3N6O2/c1-2-14-6(8-1)7-9-3-4(15-7)5-10-12-13-11-5/h1-2H,(H,10,11,12,13). The molecule has 0 aliphatic heterocycles. The van der Waals surface area contributed by atoms with Crippen molar-refractivity contribution in [1.82, 2.24) is 30.6 Å². The Kier molecular flexibility index (Phi) is 1.58. The average Bonchev–Trinajstić information content (AvgIpc) is 3.02. The second-order valence-corrected chi connectivity index (χ2v) is 2.55. The molecule has 0 bridgehead atoms. The van der Waals surface area contributed by atoms with Crippen molar-refractivity contribution in [1.29, 1.82) is 0 Å². The fourth-order valence-corrected chi connectivity index (χ4v) is 1.02. The van der Waals surface area contributed by atoms with E-state index in [0.29, 0.717) is 11.6 Å². The van der Waals surface area contributed by atoms with Crippen molar-refractivity contribution in [2.24, 2.45) is 0 Å². The van der Waals surface area contributed by atoms with Gasteiger partial charge in [0.15, 0.2) is 0 Å². The molecule has 1 N–H and O–H groups in total. The molecular formula is C7H3N6O2. The van der Waals surface area contributed by atoms with Gasteiger partial charge in [-0.05, 0) is 10.4 Å². The fourth-order valence-electron chi connectivity index (χ4n) is 1.02. The Morgan fingerprint density at radius 1 is 1.33 bits per heavy atom.